The Kier molecular flexibility index (Phi) is 4.55. The Balaban J connectivity index is 2.13. The summed E-state index contributed by atoms with van der Waals surface area (Å²) in [5, 5.41) is 10.8. The molecule has 0 aliphatic heterocycles. The predicted molar refractivity (Wildman–Crippen MR) is 79.3 cm³/mol. The van der Waals surface area contributed by atoms with Crippen molar-refractivity contribution in [3.63, 3.8) is 0 Å². The fraction of sp³-hybridized carbons (Fsp3) is 0.0769. The molecule has 0 fully saturated rings. The molecule has 4 nitrogen and oxygen atoms in total. The normalized spacial score (nSPS) is 10.2. The second kappa shape index (κ2) is 6.16. The van der Waals surface area contributed by atoms with E-state index in [1.54, 1.807) is 12.1 Å². The van der Waals surface area contributed by atoms with Crippen LogP contribution in [0.5, 0.6) is 5.75 Å². The Labute approximate surface area is 126 Å². The lowest BCUT2D eigenvalue weighted by atomic mass is 10.2. The molecule has 0 aromatic heterocycles. The van der Waals surface area contributed by atoms with E-state index in [0.29, 0.717) is 16.8 Å². The highest BCUT2D eigenvalue weighted by molar-refractivity contribution is 9.11. The second-order valence-corrected chi connectivity index (χ2v) is 5.47. The number of benzene rings is 2. The Morgan fingerprint density at radius 2 is 1.79 bits per heavy atom. The van der Waals surface area contributed by atoms with Gasteiger partial charge in [0.1, 0.15) is 16.8 Å². The minimum atomic E-state index is -0.448. The Morgan fingerprint density at radius 1 is 1.11 bits per heavy atom. The van der Waals surface area contributed by atoms with Gasteiger partial charge in [0.2, 0.25) is 0 Å². The van der Waals surface area contributed by atoms with Gasteiger partial charge in [-0.25, -0.2) is 0 Å². The van der Waals surface area contributed by atoms with Gasteiger partial charge in [-0.1, -0.05) is 34.1 Å². The standard InChI is InChI=1S/C13H9Br2NO3/c14-10-6-4-9(5-7-10)8-19-12-3-1-2-11(13(12)15)16(17)18/h1-7H,8H2. The molecule has 0 spiro atoms. The number of hydrogen-bond acceptors (Lipinski definition) is 3. The number of nitrogens with zero attached hydrogens (tertiary/aromatic N) is 1. The number of rotatable bonds is 4. The van der Waals surface area contributed by atoms with Crippen molar-refractivity contribution >= 4 is 37.5 Å². The maximum atomic E-state index is 10.8. The van der Waals surface area contributed by atoms with Gasteiger partial charge < -0.3 is 4.74 Å². The summed E-state index contributed by atoms with van der Waals surface area (Å²) in [6, 6.07) is 12.4. The zero-order valence-electron chi connectivity index (χ0n) is 9.68. The Bertz CT molecular complexity index is 599. The molecule has 2 aromatic rings. The van der Waals surface area contributed by atoms with E-state index < -0.39 is 4.92 Å². The second-order valence-electron chi connectivity index (χ2n) is 3.76. The molecule has 2 rings (SSSR count). The first-order chi connectivity index (χ1) is 9.08. The third-order valence-corrected chi connectivity index (χ3v) is 3.77. The van der Waals surface area contributed by atoms with Crippen molar-refractivity contribution < 1.29 is 9.66 Å². The lowest BCUT2D eigenvalue weighted by Gasteiger charge is -2.08. The number of nitro benzene ring substituents is 1. The third-order valence-electron chi connectivity index (χ3n) is 2.45. The van der Waals surface area contributed by atoms with Gasteiger partial charge in [0.05, 0.1) is 4.92 Å². The largest absolute Gasteiger partial charge is 0.487 e. The van der Waals surface area contributed by atoms with Crippen molar-refractivity contribution in [1.29, 1.82) is 0 Å². The van der Waals surface area contributed by atoms with Crippen LogP contribution in [0.15, 0.2) is 51.4 Å². The summed E-state index contributed by atoms with van der Waals surface area (Å²) < 4.78 is 6.94. The summed E-state index contributed by atoms with van der Waals surface area (Å²) in [5.41, 5.74) is 0.981. The van der Waals surface area contributed by atoms with Gasteiger partial charge in [0.15, 0.2) is 0 Å². The van der Waals surface area contributed by atoms with E-state index in [-0.39, 0.29) is 5.69 Å². The van der Waals surface area contributed by atoms with Crippen LogP contribution >= 0.6 is 31.9 Å². The molecule has 19 heavy (non-hydrogen) atoms. The van der Waals surface area contributed by atoms with Gasteiger partial charge >= 0.3 is 0 Å². The first-order valence-electron chi connectivity index (χ1n) is 5.38. The summed E-state index contributed by atoms with van der Waals surface area (Å²) in [5.74, 6) is 0.456. The SMILES string of the molecule is O=[N+]([O-])c1cccc(OCc2ccc(Br)cc2)c1Br. The molecule has 0 saturated heterocycles. The fourth-order valence-corrected chi connectivity index (χ4v) is 2.28. The smallest absolute Gasteiger partial charge is 0.287 e. The van der Waals surface area contributed by atoms with E-state index in [1.165, 1.54) is 6.07 Å². The molecule has 98 valence electrons. The van der Waals surface area contributed by atoms with Crippen LogP contribution in [0.25, 0.3) is 0 Å². The highest BCUT2D eigenvalue weighted by atomic mass is 79.9. The average Bonchev–Trinajstić information content (AvgIpc) is 2.39. The Hall–Kier alpha value is -1.40. The minimum absolute atomic E-state index is 0.00620. The van der Waals surface area contributed by atoms with Gasteiger partial charge in [0, 0.05) is 10.5 Å². The van der Waals surface area contributed by atoms with Gasteiger partial charge in [0.25, 0.3) is 5.69 Å². The molecule has 0 amide bonds. The van der Waals surface area contributed by atoms with Gasteiger partial charge in [-0.3, -0.25) is 10.1 Å². The van der Waals surface area contributed by atoms with Crippen LogP contribution in [-0.4, -0.2) is 4.92 Å². The van der Waals surface area contributed by atoms with Crippen molar-refractivity contribution in [2.45, 2.75) is 6.61 Å². The predicted octanol–water partition coefficient (Wildman–Crippen LogP) is 4.70. The van der Waals surface area contributed by atoms with Crippen LogP contribution in [0.3, 0.4) is 0 Å². The lowest BCUT2D eigenvalue weighted by Crippen LogP contribution is -1.97. The first-order valence-corrected chi connectivity index (χ1v) is 6.96. The minimum Gasteiger partial charge on any atom is -0.487 e. The molecule has 0 bridgehead atoms. The molecule has 0 radical (unpaired) electrons. The van der Waals surface area contributed by atoms with Gasteiger partial charge in [-0.2, -0.15) is 0 Å². The Morgan fingerprint density at radius 3 is 2.42 bits per heavy atom. The van der Waals surface area contributed by atoms with Crippen molar-refractivity contribution in [3.8, 4) is 5.75 Å². The molecule has 2 aromatic carbocycles. The lowest BCUT2D eigenvalue weighted by molar-refractivity contribution is -0.385. The zero-order chi connectivity index (χ0) is 13.8. The van der Waals surface area contributed by atoms with Crippen LogP contribution in [-0.2, 0) is 6.61 Å². The summed E-state index contributed by atoms with van der Waals surface area (Å²) in [6.45, 7) is 0.354. The molecular weight excluding hydrogens is 378 g/mol. The number of ether oxygens (including phenoxy) is 1. The summed E-state index contributed by atoms with van der Waals surface area (Å²) in [4.78, 5) is 10.4. The van der Waals surface area contributed by atoms with Crippen molar-refractivity contribution in [1.82, 2.24) is 0 Å². The molecule has 0 N–H and O–H groups in total. The highest BCUT2D eigenvalue weighted by Gasteiger charge is 2.15. The number of halogens is 2. The van der Waals surface area contributed by atoms with E-state index >= 15 is 0 Å². The summed E-state index contributed by atoms with van der Waals surface area (Å²) in [7, 11) is 0. The van der Waals surface area contributed by atoms with Crippen LogP contribution in [0.4, 0.5) is 5.69 Å². The highest BCUT2D eigenvalue weighted by Crippen LogP contribution is 2.34. The van der Waals surface area contributed by atoms with Crippen molar-refractivity contribution in [2.75, 3.05) is 0 Å². The number of nitro groups is 1. The van der Waals surface area contributed by atoms with Crippen LogP contribution in [0.2, 0.25) is 0 Å². The van der Waals surface area contributed by atoms with E-state index in [0.717, 1.165) is 10.0 Å². The maximum absolute atomic E-state index is 10.8. The molecule has 0 aliphatic rings. The zero-order valence-corrected chi connectivity index (χ0v) is 12.8. The maximum Gasteiger partial charge on any atom is 0.287 e. The van der Waals surface area contributed by atoms with Crippen LogP contribution in [0.1, 0.15) is 5.56 Å². The molecule has 0 unspecified atom stereocenters. The van der Waals surface area contributed by atoms with E-state index in [9.17, 15) is 10.1 Å². The van der Waals surface area contributed by atoms with Crippen LogP contribution in [0, 0.1) is 10.1 Å². The van der Waals surface area contributed by atoms with Crippen LogP contribution < -0.4 is 4.74 Å². The molecule has 0 saturated carbocycles. The molecular formula is C13H9Br2NO3. The quantitative estimate of drug-likeness (QED) is 0.565. The molecule has 0 aliphatic carbocycles. The molecule has 0 heterocycles. The average molecular weight is 387 g/mol. The molecule has 0 atom stereocenters. The van der Waals surface area contributed by atoms with Gasteiger partial charge in [-0.05, 0) is 39.7 Å². The van der Waals surface area contributed by atoms with Crippen molar-refractivity contribution in [2.24, 2.45) is 0 Å². The first kappa shape index (κ1) is 14.0. The monoisotopic (exact) mass is 385 g/mol. The summed E-state index contributed by atoms with van der Waals surface area (Å²) >= 11 is 6.55. The molecule has 6 heteroatoms. The van der Waals surface area contributed by atoms with E-state index in [1.807, 2.05) is 24.3 Å². The third kappa shape index (κ3) is 3.54. The summed E-state index contributed by atoms with van der Waals surface area (Å²) in [6.07, 6.45) is 0. The van der Waals surface area contributed by atoms with E-state index in [2.05, 4.69) is 31.9 Å². The topological polar surface area (TPSA) is 52.4 Å². The van der Waals surface area contributed by atoms with E-state index in [4.69, 9.17) is 4.74 Å². The fourth-order valence-electron chi connectivity index (χ4n) is 1.49. The van der Waals surface area contributed by atoms with Gasteiger partial charge in [-0.15, -0.1) is 0 Å². The number of hydrogen-bond donors (Lipinski definition) is 0. The van der Waals surface area contributed by atoms with Crippen molar-refractivity contribution in [3.05, 3.63) is 67.1 Å².